The zero-order chi connectivity index (χ0) is 15.9. The predicted molar refractivity (Wildman–Crippen MR) is 86.6 cm³/mol. The van der Waals surface area contributed by atoms with Crippen molar-refractivity contribution >= 4 is 17.2 Å². The van der Waals surface area contributed by atoms with Crippen molar-refractivity contribution in [3.63, 3.8) is 0 Å². The van der Waals surface area contributed by atoms with E-state index in [-0.39, 0.29) is 5.91 Å². The number of rotatable bonds is 7. The van der Waals surface area contributed by atoms with Gasteiger partial charge in [0.2, 0.25) is 17.6 Å². The molecule has 0 saturated heterocycles. The predicted octanol–water partition coefficient (Wildman–Crippen LogP) is 2.83. The van der Waals surface area contributed by atoms with Crippen molar-refractivity contribution in [2.75, 3.05) is 0 Å². The SMILES string of the molecule is O=C(CCCc1nc(-c2cccs2)no1)NCc1cccnc1. The molecule has 0 aliphatic heterocycles. The number of carbonyl (C=O) groups is 1. The maximum Gasteiger partial charge on any atom is 0.226 e. The first-order chi connectivity index (χ1) is 11.3. The summed E-state index contributed by atoms with van der Waals surface area (Å²) in [7, 11) is 0. The lowest BCUT2D eigenvalue weighted by Gasteiger charge is -2.04. The number of hydrogen-bond donors (Lipinski definition) is 1. The molecule has 3 heterocycles. The molecule has 0 aliphatic carbocycles. The summed E-state index contributed by atoms with van der Waals surface area (Å²) < 4.78 is 5.21. The molecule has 0 aliphatic rings. The van der Waals surface area contributed by atoms with Crippen LogP contribution >= 0.6 is 11.3 Å². The molecule has 3 aromatic rings. The molecule has 0 fully saturated rings. The van der Waals surface area contributed by atoms with Crippen LogP contribution in [0.2, 0.25) is 0 Å². The maximum absolute atomic E-state index is 11.8. The van der Waals surface area contributed by atoms with E-state index in [9.17, 15) is 4.79 Å². The van der Waals surface area contributed by atoms with E-state index in [4.69, 9.17) is 4.52 Å². The average Bonchev–Trinajstić information content (AvgIpc) is 3.25. The Bertz CT molecular complexity index is 741. The Morgan fingerprint density at radius 2 is 2.26 bits per heavy atom. The highest BCUT2D eigenvalue weighted by Gasteiger charge is 2.10. The lowest BCUT2D eigenvalue weighted by atomic mass is 10.2. The smallest absolute Gasteiger partial charge is 0.226 e. The molecule has 6 nitrogen and oxygen atoms in total. The molecule has 0 saturated carbocycles. The standard InChI is InChI=1S/C16H16N4O2S/c21-14(18-11-12-4-2-8-17-10-12)6-1-7-15-19-16(20-22-15)13-5-3-9-23-13/h2-5,8-10H,1,6-7,11H2,(H,18,21). The Labute approximate surface area is 137 Å². The van der Waals surface area contributed by atoms with Gasteiger partial charge in [0.1, 0.15) is 0 Å². The van der Waals surface area contributed by atoms with Gasteiger partial charge in [-0.1, -0.05) is 17.3 Å². The van der Waals surface area contributed by atoms with Crippen LogP contribution in [0.1, 0.15) is 24.3 Å². The molecule has 118 valence electrons. The molecule has 7 heteroatoms. The van der Waals surface area contributed by atoms with Crippen LogP contribution in [0, 0.1) is 0 Å². The zero-order valence-corrected chi connectivity index (χ0v) is 13.3. The third-order valence-electron chi connectivity index (χ3n) is 3.22. The second kappa shape index (κ2) is 7.64. The summed E-state index contributed by atoms with van der Waals surface area (Å²) in [5.74, 6) is 1.18. The normalized spacial score (nSPS) is 10.6. The van der Waals surface area contributed by atoms with Gasteiger partial charge in [-0.3, -0.25) is 9.78 Å². The molecule has 0 radical (unpaired) electrons. The first-order valence-electron chi connectivity index (χ1n) is 7.33. The minimum Gasteiger partial charge on any atom is -0.352 e. The van der Waals surface area contributed by atoms with Crippen molar-refractivity contribution in [1.82, 2.24) is 20.4 Å². The molecular formula is C16H16N4O2S. The second-order valence-corrected chi connectivity index (χ2v) is 5.93. The fourth-order valence-corrected chi connectivity index (χ4v) is 2.70. The molecule has 0 unspecified atom stereocenters. The van der Waals surface area contributed by atoms with Gasteiger partial charge >= 0.3 is 0 Å². The molecule has 1 N–H and O–H groups in total. The topological polar surface area (TPSA) is 80.9 Å². The molecule has 3 aromatic heterocycles. The van der Waals surface area contributed by atoms with E-state index in [0.29, 0.717) is 37.5 Å². The van der Waals surface area contributed by atoms with Crippen molar-refractivity contribution < 1.29 is 9.32 Å². The molecule has 0 spiro atoms. The molecule has 3 rings (SSSR count). The minimum absolute atomic E-state index is 0.00634. The lowest BCUT2D eigenvalue weighted by Crippen LogP contribution is -2.22. The lowest BCUT2D eigenvalue weighted by molar-refractivity contribution is -0.121. The molecule has 1 amide bonds. The molecule has 0 atom stereocenters. The van der Waals surface area contributed by atoms with E-state index in [0.717, 1.165) is 10.4 Å². The Balaban J connectivity index is 1.40. The van der Waals surface area contributed by atoms with Crippen molar-refractivity contribution in [3.05, 3.63) is 53.5 Å². The Morgan fingerprint density at radius 3 is 3.04 bits per heavy atom. The van der Waals surface area contributed by atoms with E-state index in [1.54, 1.807) is 23.7 Å². The molecular weight excluding hydrogens is 312 g/mol. The van der Waals surface area contributed by atoms with Crippen LogP contribution in [0.3, 0.4) is 0 Å². The summed E-state index contributed by atoms with van der Waals surface area (Å²) in [4.78, 5) is 21.1. The van der Waals surface area contributed by atoms with E-state index >= 15 is 0 Å². The van der Waals surface area contributed by atoms with Crippen molar-refractivity contribution in [2.45, 2.75) is 25.8 Å². The summed E-state index contributed by atoms with van der Waals surface area (Å²) in [5, 5.41) is 8.79. The Kier molecular flexibility index (Phi) is 5.10. The number of amides is 1. The van der Waals surface area contributed by atoms with Gasteiger partial charge in [-0.05, 0) is 29.5 Å². The molecule has 0 bridgehead atoms. The second-order valence-electron chi connectivity index (χ2n) is 4.98. The highest BCUT2D eigenvalue weighted by Crippen LogP contribution is 2.21. The van der Waals surface area contributed by atoms with Gasteiger partial charge in [0.05, 0.1) is 4.88 Å². The van der Waals surface area contributed by atoms with Crippen LogP contribution in [0.25, 0.3) is 10.7 Å². The van der Waals surface area contributed by atoms with Crippen LogP contribution in [0.4, 0.5) is 0 Å². The largest absolute Gasteiger partial charge is 0.352 e. The third-order valence-corrected chi connectivity index (χ3v) is 4.08. The van der Waals surface area contributed by atoms with E-state index in [2.05, 4.69) is 20.4 Å². The van der Waals surface area contributed by atoms with Crippen LogP contribution in [0.15, 0.2) is 46.6 Å². The summed E-state index contributed by atoms with van der Waals surface area (Å²) >= 11 is 1.57. The van der Waals surface area contributed by atoms with Gasteiger partial charge in [0.15, 0.2) is 0 Å². The quantitative estimate of drug-likeness (QED) is 0.721. The number of carbonyl (C=O) groups excluding carboxylic acids is 1. The van der Waals surface area contributed by atoms with Gasteiger partial charge in [-0.2, -0.15) is 4.98 Å². The number of thiophene rings is 1. The fraction of sp³-hybridized carbons (Fsp3) is 0.250. The highest BCUT2D eigenvalue weighted by atomic mass is 32.1. The van der Waals surface area contributed by atoms with E-state index in [1.165, 1.54) is 0 Å². The van der Waals surface area contributed by atoms with Gasteiger partial charge in [0, 0.05) is 31.8 Å². The van der Waals surface area contributed by atoms with E-state index < -0.39 is 0 Å². The number of hydrogen-bond acceptors (Lipinski definition) is 6. The van der Waals surface area contributed by atoms with Crippen LogP contribution in [-0.2, 0) is 17.8 Å². The zero-order valence-electron chi connectivity index (χ0n) is 12.4. The maximum atomic E-state index is 11.8. The summed E-state index contributed by atoms with van der Waals surface area (Å²) in [6.45, 7) is 0.496. The molecule has 23 heavy (non-hydrogen) atoms. The number of nitrogens with zero attached hydrogens (tertiary/aromatic N) is 3. The monoisotopic (exact) mass is 328 g/mol. The minimum atomic E-state index is 0.00634. The van der Waals surface area contributed by atoms with Gasteiger partial charge in [-0.15, -0.1) is 11.3 Å². The van der Waals surface area contributed by atoms with Crippen LogP contribution < -0.4 is 5.32 Å². The fourth-order valence-electron chi connectivity index (χ4n) is 2.05. The number of aromatic nitrogens is 3. The van der Waals surface area contributed by atoms with Crippen LogP contribution in [0.5, 0.6) is 0 Å². The van der Waals surface area contributed by atoms with Crippen LogP contribution in [-0.4, -0.2) is 21.0 Å². The number of aryl methyl sites for hydroxylation is 1. The summed E-state index contributed by atoms with van der Waals surface area (Å²) in [6.07, 6.45) is 5.14. The van der Waals surface area contributed by atoms with Gasteiger partial charge < -0.3 is 9.84 Å². The van der Waals surface area contributed by atoms with Gasteiger partial charge in [-0.25, -0.2) is 0 Å². The summed E-state index contributed by atoms with van der Waals surface area (Å²) in [5.41, 5.74) is 0.985. The molecule has 0 aromatic carbocycles. The first-order valence-corrected chi connectivity index (χ1v) is 8.21. The number of pyridine rings is 1. The van der Waals surface area contributed by atoms with E-state index in [1.807, 2.05) is 29.6 Å². The summed E-state index contributed by atoms with van der Waals surface area (Å²) in [6, 6.07) is 7.67. The first kappa shape index (κ1) is 15.4. The van der Waals surface area contributed by atoms with Gasteiger partial charge in [0.25, 0.3) is 0 Å². The number of nitrogens with one attached hydrogen (secondary N) is 1. The van der Waals surface area contributed by atoms with Crippen molar-refractivity contribution in [3.8, 4) is 10.7 Å². The highest BCUT2D eigenvalue weighted by molar-refractivity contribution is 7.13. The van der Waals surface area contributed by atoms with Crippen molar-refractivity contribution in [2.24, 2.45) is 0 Å². The Morgan fingerprint density at radius 1 is 1.30 bits per heavy atom. The Hall–Kier alpha value is -2.54. The average molecular weight is 328 g/mol. The third kappa shape index (κ3) is 4.46. The van der Waals surface area contributed by atoms with Crippen molar-refractivity contribution in [1.29, 1.82) is 0 Å².